The van der Waals surface area contributed by atoms with Crippen LogP contribution < -0.4 is 5.32 Å². The fourth-order valence-corrected chi connectivity index (χ4v) is 3.63. The van der Waals surface area contributed by atoms with E-state index in [1.54, 1.807) is 6.20 Å². The second kappa shape index (κ2) is 8.41. The van der Waals surface area contributed by atoms with Crippen LogP contribution in [-0.4, -0.2) is 52.1 Å². The highest BCUT2D eigenvalue weighted by Crippen LogP contribution is 2.21. The van der Waals surface area contributed by atoms with Gasteiger partial charge in [-0.05, 0) is 0 Å². The lowest BCUT2D eigenvalue weighted by molar-refractivity contribution is -0.114. The molecular weight excluding hydrogens is 345 g/mol. The van der Waals surface area contributed by atoms with Gasteiger partial charge in [0, 0.05) is 50.0 Å². The zero-order chi connectivity index (χ0) is 17.6. The van der Waals surface area contributed by atoms with Gasteiger partial charge in [-0.1, -0.05) is 0 Å². The van der Waals surface area contributed by atoms with Crippen LogP contribution in [0, 0.1) is 11.7 Å². The normalized spacial score (nSPS) is 18.7. The minimum absolute atomic E-state index is 0.122. The predicted octanol–water partition coefficient (Wildman–Crippen LogP) is 1.72. The zero-order valence-corrected chi connectivity index (χ0v) is 14.8. The number of anilines is 1. The predicted molar refractivity (Wildman–Crippen MR) is 91.7 cm³/mol. The molecule has 1 aliphatic rings. The summed E-state index contributed by atoms with van der Waals surface area (Å²) in [6, 6.07) is 0. The Bertz CT molecular complexity index is 709. The first-order chi connectivity index (χ1) is 12.1. The monoisotopic (exact) mass is 365 g/mol. The van der Waals surface area contributed by atoms with Crippen molar-refractivity contribution in [1.82, 2.24) is 19.9 Å². The fraction of sp³-hybridized carbons (Fsp3) is 0.500. The van der Waals surface area contributed by atoms with Crippen molar-refractivity contribution < 1.29 is 13.9 Å². The number of amides is 1. The summed E-state index contributed by atoms with van der Waals surface area (Å²) in [7, 11) is 0. The lowest BCUT2D eigenvalue weighted by atomic mass is 10.1. The van der Waals surface area contributed by atoms with Crippen LogP contribution in [0.1, 0.15) is 17.6 Å². The van der Waals surface area contributed by atoms with Gasteiger partial charge in [0.15, 0.2) is 10.9 Å². The Balaban J connectivity index is 1.58. The lowest BCUT2D eigenvalue weighted by Crippen LogP contribution is -2.30. The molecule has 1 aliphatic heterocycles. The van der Waals surface area contributed by atoms with E-state index in [1.807, 2.05) is 0 Å². The molecule has 3 rings (SSSR count). The second-order valence-corrected chi connectivity index (χ2v) is 7.13. The number of carbonyl (C=O) groups excluding carboxylic acids is 1. The first-order valence-electron chi connectivity index (χ1n) is 8.07. The van der Waals surface area contributed by atoms with Crippen LogP contribution in [0.15, 0.2) is 18.6 Å². The molecule has 1 N–H and O–H groups in total. The van der Waals surface area contributed by atoms with Crippen molar-refractivity contribution in [2.45, 2.75) is 19.9 Å². The van der Waals surface area contributed by atoms with Gasteiger partial charge in [0.2, 0.25) is 5.91 Å². The fourth-order valence-electron chi connectivity index (χ4n) is 2.73. The summed E-state index contributed by atoms with van der Waals surface area (Å²) in [5, 5.41) is 3.31. The van der Waals surface area contributed by atoms with Gasteiger partial charge in [0.25, 0.3) is 0 Å². The van der Waals surface area contributed by atoms with Crippen molar-refractivity contribution >= 4 is 22.4 Å². The van der Waals surface area contributed by atoms with Crippen LogP contribution in [0.5, 0.6) is 0 Å². The van der Waals surface area contributed by atoms with Gasteiger partial charge in [-0.2, -0.15) is 0 Å². The van der Waals surface area contributed by atoms with Gasteiger partial charge in [-0.15, -0.1) is 11.3 Å². The number of rotatable bonds is 5. The summed E-state index contributed by atoms with van der Waals surface area (Å²) in [6.45, 7) is 5.19. The minimum atomic E-state index is -0.428. The standard InChI is InChI=1S/C16H20FN5O2S/c1-11(23)21-16-20-7-14(25-16)9-22-2-3-24-10-12(8-22)4-15-18-5-13(17)6-19-15/h5-7,12H,2-4,8-10H2,1H3,(H,20,21,23). The van der Waals surface area contributed by atoms with Crippen molar-refractivity contribution in [3.8, 4) is 0 Å². The molecule has 3 heterocycles. The van der Waals surface area contributed by atoms with Crippen LogP contribution in [0.2, 0.25) is 0 Å². The van der Waals surface area contributed by atoms with E-state index in [2.05, 4.69) is 25.2 Å². The number of ether oxygens (including phenoxy) is 1. The highest BCUT2D eigenvalue weighted by Gasteiger charge is 2.21. The Morgan fingerprint density at radius 3 is 2.96 bits per heavy atom. The Labute approximate surface area is 149 Å². The van der Waals surface area contributed by atoms with Crippen molar-refractivity contribution in [2.75, 3.05) is 31.6 Å². The van der Waals surface area contributed by atoms with Gasteiger partial charge in [0.1, 0.15) is 5.82 Å². The van der Waals surface area contributed by atoms with Crippen molar-refractivity contribution in [3.63, 3.8) is 0 Å². The molecule has 9 heteroatoms. The molecule has 1 fully saturated rings. The smallest absolute Gasteiger partial charge is 0.223 e. The number of thiazole rings is 1. The molecule has 0 spiro atoms. The van der Waals surface area contributed by atoms with Gasteiger partial charge >= 0.3 is 0 Å². The molecule has 0 bridgehead atoms. The zero-order valence-electron chi connectivity index (χ0n) is 13.9. The Morgan fingerprint density at radius 1 is 1.40 bits per heavy atom. The quantitative estimate of drug-likeness (QED) is 0.869. The van der Waals surface area contributed by atoms with Gasteiger partial charge < -0.3 is 10.1 Å². The van der Waals surface area contributed by atoms with Gasteiger partial charge in [-0.25, -0.2) is 19.3 Å². The average Bonchev–Trinajstić information content (AvgIpc) is 2.87. The molecule has 2 aromatic heterocycles. The molecule has 1 amide bonds. The first kappa shape index (κ1) is 17.8. The Kier molecular flexibility index (Phi) is 6.00. The van der Waals surface area contributed by atoms with Crippen molar-refractivity contribution in [2.24, 2.45) is 5.92 Å². The third-order valence-electron chi connectivity index (χ3n) is 3.78. The van der Waals surface area contributed by atoms with Crippen LogP contribution in [0.25, 0.3) is 0 Å². The number of nitrogens with one attached hydrogen (secondary N) is 1. The van der Waals surface area contributed by atoms with Crippen LogP contribution in [0.4, 0.5) is 9.52 Å². The molecule has 7 nitrogen and oxygen atoms in total. The molecule has 1 saturated heterocycles. The molecule has 134 valence electrons. The number of carbonyl (C=O) groups is 1. The summed E-state index contributed by atoms with van der Waals surface area (Å²) in [5.41, 5.74) is 0. The van der Waals surface area contributed by atoms with Crippen LogP contribution in [-0.2, 0) is 22.5 Å². The SMILES string of the molecule is CC(=O)Nc1ncc(CN2CCOCC(Cc3ncc(F)cn3)C2)s1. The number of hydrogen-bond donors (Lipinski definition) is 1. The number of halogens is 1. The largest absolute Gasteiger partial charge is 0.380 e. The highest BCUT2D eigenvalue weighted by atomic mass is 32.1. The van der Waals surface area contributed by atoms with Crippen LogP contribution >= 0.6 is 11.3 Å². The molecule has 1 unspecified atom stereocenters. The molecule has 0 saturated carbocycles. The van der Waals surface area contributed by atoms with E-state index in [0.29, 0.717) is 30.6 Å². The topological polar surface area (TPSA) is 80.2 Å². The van der Waals surface area contributed by atoms with Crippen molar-refractivity contribution in [1.29, 1.82) is 0 Å². The summed E-state index contributed by atoms with van der Waals surface area (Å²) < 4.78 is 18.6. The third-order valence-corrected chi connectivity index (χ3v) is 4.68. The van der Waals surface area contributed by atoms with E-state index < -0.39 is 5.82 Å². The average molecular weight is 365 g/mol. The van der Waals surface area contributed by atoms with E-state index in [9.17, 15) is 9.18 Å². The Hall–Kier alpha value is -1.97. The molecule has 25 heavy (non-hydrogen) atoms. The van der Waals surface area contributed by atoms with E-state index in [1.165, 1.54) is 30.7 Å². The number of hydrogen-bond acceptors (Lipinski definition) is 7. The van der Waals surface area contributed by atoms with Gasteiger partial charge in [-0.3, -0.25) is 9.69 Å². The van der Waals surface area contributed by atoms with E-state index >= 15 is 0 Å². The minimum Gasteiger partial charge on any atom is -0.380 e. The van der Waals surface area contributed by atoms with Gasteiger partial charge in [0.05, 0.1) is 25.6 Å². The summed E-state index contributed by atoms with van der Waals surface area (Å²) >= 11 is 1.48. The van der Waals surface area contributed by atoms with E-state index in [-0.39, 0.29) is 11.8 Å². The summed E-state index contributed by atoms with van der Waals surface area (Å²) in [6.07, 6.45) is 4.83. The molecule has 2 aromatic rings. The third kappa shape index (κ3) is 5.52. The molecule has 1 atom stereocenters. The number of aromatic nitrogens is 3. The molecule has 0 radical (unpaired) electrons. The highest BCUT2D eigenvalue weighted by molar-refractivity contribution is 7.15. The molecule has 0 aromatic carbocycles. The molecule has 0 aliphatic carbocycles. The van der Waals surface area contributed by atoms with Crippen LogP contribution in [0.3, 0.4) is 0 Å². The summed E-state index contributed by atoms with van der Waals surface area (Å²) in [4.78, 5) is 26.8. The maximum atomic E-state index is 12.9. The van der Waals surface area contributed by atoms with E-state index in [0.717, 1.165) is 24.5 Å². The molecular formula is C16H20FN5O2S. The maximum Gasteiger partial charge on any atom is 0.223 e. The Morgan fingerprint density at radius 2 is 2.20 bits per heavy atom. The first-order valence-corrected chi connectivity index (χ1v) is 8.89. The second-order valence-electron chi connectivity index (χ2n) is 6.01. The summed E-state index contributed by atoms with van der Waals surface area (Å²) in [5.74, 6) is 0.323. The number of nitrogens with zero attached hydrogens (tertiary/aromatic N) is 4. The van der Waals surface area contributed by atoms with Crippen molar-refractivity contribution in [3.05, 3.63) is 35.1 Å². The lowest BCUT2D eigenvalue weighted by Gasteiger charge is -2.22. The maximum absolute atomic E-state index is 12.9. The van der Waals surface area contributed by atoms with E-state index in [4.69, 9.17) is 4.74 Å².